The second-order valence-electron chi connectivity index (χ2n) is 4.73. The van der Waals surface area contributed by atoms with Crippen LogP contribution in [0.15, 0.2) is 12.2 Å². The van der Waals surface area contributed by atoms with Crippen molar-refractivity contribution >= 4 is 6.09 Å². The minimum atomic E-state index is -1.27. The number of carbonyl (C=O) groups is 1. The maximum absolute atomic E-state index is 12.7. The molecule has 5 heteroatoms. The third-order valence-corrected chi connectivity index (χ3v) is 3.05. The van der Waals surface area contributed by atoms with E-state index in [1.807, 2.05) is 19.1 Å². The highest BCUT2D eigenvalue weighted by Crippen LogP contribution is 2.25. The normalized spacial score (nSPS) is 30.1. The SMILES string of the molecule is CCCNC(=O)O[C@H]1/C=C/CC[C@@](O)(C[18F])CC1. The lowest BCUT2D eigenvalue weighted by atomic mass is 9.90. The lowest BCUT2D eigenvalue weighted by molar-refractivity contribution is -0.0116. The number of amides is 1. The van der Waals surface area contributed by atoms with Gasteiger partial charge in [-0.3, -0.25) is 0 Å². The molecule has 1 amide bonds. The van der Waals surface area contributed by atoms with Crippen molar-refractivity contribution in [1.82, 2.24) is 5.32 Å². The summed E-state index contributed by atoms with van der Waals surface area (Å²) in [5.74, 6) is 0. The average molecular weight is 258 g/mol. The number of hydrogen-bond donors (Lipinski definition) is 2. The van der Waals surface area contributed by atoms with Crippen molar-refractivity contribution in [2.75, 3.05) is 13.2 Å². The van der Waals surface area contributed by atoms with E-state index in [0.717, 1.165) is 6.42 Å². The minimum absolute atomic E-state index is 0.305. The van der Waals surface area contributed by atoms with E-state index in [-0.39, 0.29) is 6.10 Å². The number of allylic oxidation sites excluding steroid dienone is 1. The molecule has 0 fully saturated rings. The van der Waals surface area contributed by atoms with Gasteiger partial charge in [0.2, 0.25) is 0 Å². The van der Waals surface area contributed by atoms with E-state index >= 15 is 0 Å². The summed E-state index contributed by atoms with van der Waals surface area (Å²) in [6, 6.07) is 0. The summed E-state index contributed by atoms with van der Waals surface area (Å²) < 4.78 is 17.9. The van der Waals surface area contributed by atoms with Crippen LogP contribution >= 0.6 is 0 Å². The molecule has 0 spiro atoms. The van der Waals surface area contributed by atoms with Gasteiger partial charge in [-0.2, -0.15) is 0 Å². The molecule has 18 heavy (non-hydrogen) atoms. The van der Waals surface area contributed by atoms with Crippen molar-refractivity contribution in [3.63, 3.8) is 0 Å². The third-order valence-electron chi connectivity index (χ3n) is 3.05. The molecule has 0 aromatic rings. The Balaban J connectivity index is 2.46. The highest BCUT2D eigenvalue weighted by atomic mass is 18.2. The lowest BCUT2D eigenvalue weighted by Crippen LogP contribution is -2.35. The van der Waals surface area contributed by atoms with Crippen molar-refractivity contribution in [3.05, 3.63) is 12.2 Å². The van der Waals surface area contributed by atoms with E-state index in [0.29, 0.717) is 32.2 Å². The fourth-order valence-corrected chi connectivity index (χ4v) is 1.87. The van der Waals surface area contributed by atoms with Gasteiger partial charge in [0, 0.05) is 6.54 Å². The van der Waals surface area contributed by atoms with E-state index in [9.17, 15) is 14.3 Å². The summed E-state index contributed by atoms with van der Waals surface area (Å²) in [5, 5.41) is 12.5. The lowest BCUT2D eigenvalue weighted by Gasteiger charge is -2.27. The first kappa shape index (κ1) is 15.0. The van der Waals surface area contributed by atoms with Crippen LogP contribution in [0.1, 0.15) is 39.0 Å². The molecule has 2 atom stereocenters. The molecule has 0 aliphatic heterocycles. The first-order chi connectivity index (χ1) is 8.59. The number of rotatable bonds is 4. The molecule has 0 bridgehead atoms. The highest BCUT2D eigenvalue weighted by molar-refractivity contribution is 5.67. The fourth-order valence-electron chi connectivity index (χ4n) is 1.87. The molecular formula is C13H22FNO3. The van der Waals surface area contributed by atoms with Gasteiger partial charge in [0.15, 0.2) is 0 Å². The zero-order valence-electron chi connectivity index (χ0n) is 10.8. The van der Waals surface area contributed by atoms with Gasteiger partial charge >= 0.3 is 6.09 Å². The number of alkyl halides is 1. The number of nitrogens with one attached hydrogen (secondary N) is 1. The highest BCUT2D eigenvalue weighted by Gasteiger charge is 2.29. The topological polar surface area (TPSA) is 58.6 Å². The van der Waals surface area contributed by atoms with Crippen LogP contribution < -0.4 is 5.32 Å². The van der Waals surface area contributed by atoms with Crippen LogP contribution in [-0.2, 0) is 4.74 Å². The van der Waals surface area contributed by atoms with Crippen LogP contribution in [0.3, 0.4) is 0 Å². The van der Waals surface area contributed by atoms with Gasteiger partial charge in [-0.1, -0.05) is 13.0 Å². The van der Waals surface area contributed by atoms with Gasteiger partial charge in [-0.05, 0) is 38.2 Å². The van der Waals surface area contributed by atoms with Crippen LogP contribution in [-0.4, -0.2) is 36.1 Å². The molecule has 4 nitrogen and oxygen atoms in total. The smallest absolute Gasteiger partial charge is 0.407 e. The first-order valence-electron chi connectivity index (χ1n) is 6.49. The second kappa shape index (κ2) is 7.36. The van der Waals surface area contributed by atoms with Crippen molar-refractivity contribution in [1.29, 1.82) is 0 Å². The number of ether oxygens (including phenoxy) is 1. The van der Waals surface area contributed by atoms with Crippen molar-refractivity contribution < 1.29 is 19.0 Å². The Kier molecular flexibility index (Phi) is 6.12. The Morgan fingerprint density at radius 2 is 2.39 bits per heavy atom. The van der Waals surface area contributed by atoms with Gasteiger partial charge in [0.1, 0.15) is 12.8 Å². The van der Waals surface area contributed by atoms with E-state index < -0.39 is 18.4 Å². The van der Waals surface area contributed by atoms with E-state index in [4.69, 9.17) is 4.74 Å². The summed E-state index contributed by atoms with van der Waals surface area (Å²) in [6.45, 7) is 1.77. The number of halogens is 1. The zero-order valence-corrected chi connectivity index (χ0v) is 10.8. The molecule has 1 aliphatic carbocycles. The van der Waals surface area contributed by atoms with Crippen LogP contribution in [0.4, 0.5) is 9.18 Å². The molecule has 1 aliphatic rings. The van der Waals surface area contributed by atoms with Crippen LogP contribution in [0.25, 0.3) is 0 Å². The predicted octanol–water partition coefficient (Wildman–Crippen LogP) is 2.32. The van der Waals surface area contributed by atoms with Gasteiger partial charge in [0.05, 0.1) is 5.60 Å². The molecule has 0 aromatic carbocycles. The Bertz CT molecular complexity index is 296. The third kappa shape index (κ3) is 5.04. The largest absolute Gasteiger partial charge is 0.442 e. The van der Waals surface area contributed by atoms with Crippen molar-refractivity contribution in [2.45, 2.75) is 50.7 Å². The molecule has 0 radical (unpaired) electrons. The standard InChI is InChI=1S/C13H22FNO3/c1-2-9-15-12(16)18-11-5-3-4-7-13(17,10-14)8-6-11/h3,5,11,17H,2,4,6-10H2,1H3,(H,15,16)/b5-3+/t11-,13-/m0/s1/i14-1. The quantitative estimate of drug-likeness (QED) is 0.761. The number of carbonyl (C=O) groups excluding carboxylic acids is 1. The van der Waals surface area contributed by atoms with E-state index in [2.05, 4.69) is 5.32 Å². The molecular weight excluding hydrogens is 236 g/mol. The Labute approximate surface area is 107 Å². The molecule has 1 rings (SSSR count). The summed E-state index contributed by atoms with van der Waals surface area (Å²) in [7, 11) is 0. The number of aliphatic hydroxyl groups is 1. The molecule has 104 valence electrons. The molecule has 0 unspecified atom stereocenters. The second-order valence-corrected chi connectivity index (χ2v) is 4.73. The van der Waals surface area contributed by atoms with Crippen LogP contribution in [0, 0.1) is 0 Å². The van der Waals surface area contributed by atoms with Gasteiger partial charge in [-0.25, -0.2) is 9.18 Å². The van der Waals surface area contributed by atoms with E-state index in [1.54, 1.807) is 0 Å². The van der Waals surface area contributed by atoms with Crippen molar-refractivity contribution in [3.8, 4) is 0 Å². The zero-order chi connectivity index (χ0) is 13.4. The van der Waals surface area contributed by atoms with Gasteiger partial charge in [-0.15, -0.1) is 0 Å². The Morgan fingerprint density at radius 1 is 1.61 bits per heavy atom. The molecule has 0 saturated carbocycles. The maximum Gasteiger partial charge on any atom is 0.407 e. The minimum Gasteiger partial charge on any atom is -0.442 e. The van der Waals surface area contributed by atoms with Crippen LogP contribution in [0.2, 0.25) is 0 Å². The van der Waals surface area contributed by atoms with Gasteiger partial charge < -0.3 is 15.2 Å². The van der Waals surface area contributed by atoms with Crippen LogP contribution in [0.5, 0.6) is 0 Å². The molecule has 2 N–H and O–H groups in total. The average Bonchev–Trinajstić information content (AvgIpc) is 2.36. The van der Waals surface area contributed by atoms with Crippen molar-refractivity contribution in [2.24, 2.45) is 0 Å². The predicted molar refractivity (Wildman–Crippen MR) is 67.1 cm³/mol. The Morgan fingerprint density at radius 3 is 3.06 bits per heavy atom. The number of alkyl carbamates (subject to hydrolysis) is 1. The Hall–Kier alpha value is -1.10. The maximum atomic E-state index is 12.7. The molecule has 0 heterocycles. The van der Waals surface area contributed by atoms with Gasteiger partial charge in [0.25, 0.3) is 0 Å². The monoisotopic (exact) mass is 258 g/mol. The summed E-state index contributed by atoms with van der Waals surface area (Å²) >= 11 is 0. The fraction of sp³-hybridized carbons (Fsp3) is 0.769. The molecule has 0 saturated heterocycles. The molecule has 0 aromatic heterocycles. The summed E-state index contributed by atoms with van der Waals surface area (Å²) in [4.78, 5) is 11.4. The van der Waals surface area contributed by atoms with E-state index in [1.165, 1.54) is 0 Å². The number of hydrogen-bond acceptors (Lipinski definition) is 3. The summed E-state index contributed by atoms with van der Waals surface area (Å²) in [5.41, 5.74) is -1.27. The summed E-state index contributed by atoms with van der Waals surface area (Å²) in [6.07, 6.45) is 5.39. The first-order valence-corrected chi connectivity index (χ1v) is 6.49.